The Hall–Kier alpha value is -7.80. The summed E-state index contributed by atoms with van der Waals surface area (Å²) in [7, 11) is 0. The van der Waals surface area contributed by atoms with E-state index in [4.69, 9.17) is 42.6 Å². The van der Waals surface area contributed by atoms with E-state index in [1.165, 1.54) is 0 Å². The quantitative estimate of drug-likeness (QED) is 0.0708. The highest BCUT2D eigenvalue weighted by Gasteiger charge is 2.33. The zero-order valence-electron chi connectivity index (χ0n) is 65.0. The van der Waals surface area contributed by atoms with Gasteiger partial charge in [0.2, 0.25) is 0 Å². The van der Waals surface area contributed by atoms with Crippen molar-refractivity contribution in [2.24, 2.45) is 0 Å². The Morgan fingerprint density at radius 1 is 0.263 bits per heavy atom. The smallest absolute Gasteiger partial charge is 0.344 e. The maximum atomic E-state index is 14.2. The maximum Gasteiger partial charge on any atom is 0.344 e. The van der Waals surface area contributed by atoms with Gasteiger partial charge in [-0.2, -0.15) is 0 Å². The summed E-state index contributed by atoms with van der Waals surface area (Å²) in [6, 6.07) is 31.9. The van der Waals surface area contributed by atoms with E-state index in [-0.39, 0.29) is 25.9 Å². The monoisotopic (exact) mass is 1360 g/mol. The summed E-state index contributed by atoms with van der Waals surface area (Å²) in [6.07, 6.45) is 1.23. The summed E-state index contributed by atoms with van der Waals surface area (Å²) in [6.45, 7) is 53.3. The van der Waals surface area contributed by atoms with Gasteiger partial charge < -0.3 is 42.6 Å². The predicted molar refractivity (Wildman–Crippen MR) is 396 cm³/mol. The van der Waals surface area contributed by atoms with Crippen LogP contribution in [-0.4, -0.2) is 72.7 Å². The summed E-state index contributed by atoms with van der Waals surface area (Å²) in [5.74, 6) is 0.347. The highest BCUT2D eigenvalue weighted by atomic mass is 16.6. The van der Waals surface area contributed by atoms with Crippen molar-refractivity contribution in [2.75, 3.05) is 26.4 Å². The molecule has 0 fully saturated rings. The fourth-order valence-corrected chi connectivity index (χ4v) is 11.9. The Balaban J connectivity index is 1.76. The third-order valence-electron chi connectivity index (χ3n) is 16.7. The van der Waals surface area contributed by atoms with Gasteiger partial charge in [-0.05, 0) is 199 Å². The summed E-state index contributed by atoms with van der Waals surface area (Å²) in [5, 5.41) is 0. The molecule has 10 bridgehead atoms. The lowest BCUT2D eigenvalue weighted by molar-refractivity contribution is -0.158. The molecule has 6 aromatic rings. The van der Waals surface area contributed by atoms with Crippen LogP contribution in [0.4, 0.5) is 0 Å². The SMILES string of the molecule is CC(C)(C)OC(=O)COc1c2cc(C(C)(C)C)cc1Cc1cc(C(C)(C)C)cc(c1OCC(=O)OC(C)(C)C)Cc1cc(C(C)(C)C)cc(c1OCc1ccccc1)Cc1cc(C(C)(C)C)cc(c1OCC(=O)OC(C)(C)C)Cc1cc(C(C)(C)C)cc(c1OCC(=O)OC(C)(C)C)C2. The molecule has 0 aliphatic heterocycles. The maximum absolute atomic E-state index is 14.2. The van der Waals surface area contributed by atoms with E-state index in [9.17, 15) is 19.2 Å². The van der Waals surface area contributed by atoms with Crippen LogP contribution in [0.25, 0.3) is 0 Å². The van der Waals surface area contributed by atoms with E-state index in [0.717, 1.165) is 89.0 Å². The Bertz CT molecular complexity index is 3670. The first-order valence-electron chi connectivity index (χ1n) is 35.2. The molecule has 1 aliphatic rings. The minimum absolute atomic E-state index is 0.197. The second kappa shape index (κ2) is 29.8. The number of esters is 4. The summed E-state index contributed by atoms with van der Waals surface area (Å²) < 4.78 is 59.4. The molecule has 0 heterocycles. The van der Waals surface area contributed by atoms with Gasteiger partial charge in [-0.3, -0.25) is 0 Å². The van der Waals surface area contributed by atoms with Crippen molar-refractivity contribution in [3.8, 4) is 28.7 Å². The summed E-state index contributed by atoms with van der Waals surface area (Å²) in [4.78, 5) is 56.6. The number of hydrogen-bond acceptors (Lipinski definition) is 13. The van der Waals surface area contributed by atoms with Gasteiger partial charge in [-0.1, -0.05) is 195 Å². The van der Waals surface area contributed by atoms with Crippen LogP contribution < -0.4 is 23.7 Å². The Morgan fingerprint density at radius 2 is 0.434 bits per heavy atom. The van der Waals surface area contributed by atoms with Crippen molar-refractivity contribution in [3.63, 3.8) is 0 Å². The van der Waals surface area contributed by atoms with Crippen LogP contribution in [0.3, 0.4) is 0 Å². The van der Waals surface area contributed by atoms with Gasteiger partial charge in [0.15, 0.2) is 26.4 Å². The topological polar surface area (TPSA) is 151 Å². The highest BCUT2D eigenvalue weighted by molar-refractivity contribution is 5.74. The number of carbonyl (C=O) groups is 4. The van der Waals surface area contributed by atoms with Crippen LogP contribution in [0.15, 0.2) is 91.0 Å². The lowest BCUT2D eigenvalue weighted by Gasteiger charge is -2.29. The fraction of sp³-hybridized carbons (Fsp3) is 0.535. The minimum Gasteiger partial charge on any atom is -0.488 e. The van der Waals surface area contributed by atoms with E-state index >= 15 is 0 Å². The molecule has 0 radical (unpaired) electrons. The van der Waals surface area contributed by atoms with Gasteiger partial charge in [0.05, 0.1) is 0 Å². The number of fused-ring (bicyclic) bond motifs is 10. The van der Waals surface area contributed by atoms with Crippen LogP contribution >= 0.6 is 0 Å². The number of ether oxygens (including phenoxy) is 9. The normalized spacial score (nSPS) is 13.6. The van der Waals surface area contributed by atoms with E-state index in [0.29, 0.717) is 41.6 Å². The van der Waals surface area contributed by atoms with Gasteiger partial charge >= 0.3 is 23.9 Å². The minimum atomic E-state index is -0.815. The average molecular weight is 1360 g/mol. The summed E-state index contributed by atoms with van der Waals surface area (Å²) >= 11 is 0. The third kappa shape index (κ3) is 22.9. The molecule has 13 heteroatoms. The second-order valence-electron chi connectivity index (χ2n) is 36.0. The lowest BCUT2D eigenvalue weighted by Crippen LogP contribution is -2.28. The van der Waals surface area contributed by atoms with Crippen molar-refractivity contribution >= 4 is 23.9 Å². The summed E-state index contributed by atoms with van der Waals surface area (Å²) in [5.41, 5.74) is 8.53. The van der Waals surface area contributed by atoms with E-state index < -0.39 is 99.8 Å². The molecule has 0 aromatic heterocycles. The standard InChI is InChI=1S/C86H116O13/c1-78(2,3)64-38-54-33-56-40-65(79(4,5)6)42-58(74(56)92-49-69(87)96-83(16,17)18)35-60-44-67(81(10,11)12)46-62(76(60)94-51-71(89)98-85(22,23)24)37-63-47-68(82(13,14)15)45-61(77(63)95-52-72(90)99-86(25,26)27)36-59-43-66(80(7,8)9)41-57(75(59)93-50-70(88)97-84(19,20)21)34-55(39-64)73(54)91-48-53-31-29-28-30-32-53/h28-32,38-47H,33-37,48-52H2,1-27H3. The molecule has 538 valence electrons. The number of rotatable bonds is 15. The Morgan fingerprint density at radius 3 is 0.596 bits per heavy atom. The number of hydrogen-bond donors (Lipinski definition) is 0. The first-order valence-corrected chi connectivity index (χ1v) is 35.2. The van der Waals surface area contributed by atoms with Crippen LogP contribution in [0.1, 0.15) is 276 Å². The predicted octanol–water partition coefficient (Wildman–Crippen LogP) is 18.9. The van der Waals surface area contributed by atoms with Gasteiger partial charge in [-0.15, -0.1) is 0 Å². The average Bonchev–Trinajstić information content (AvgIpc) is 0.769. The largest absolute Gasteiger partial charge is 0.488 e. The Kier molecular flexibility index (Phi) is 23.6. The molecule has 0 amide bonds. The molecule has 0 atom stereocenters. The van der Waals surface area contributed by atoms with Gasteiger partial charge in [-0.25, -0.2) is 19.2 Å². The molecular weight excluding hydrogens is 1240 g/mol. The first kappa shape index (κ1) is 78.5. The van der Waals surface area contributed by atoms with Gasteiger partial charge in [0.25, 0.3) is 0 Å². The fourth-order valence-electron chi connectivity index (χ4n) is 11.9. The molecule has 0 spiro atoms. The van der Waals surface area contributed by atoms with E-state index in [2.05, 4.69) is 177 Å². The second-order valence-corrected chi connectivity index (χ2v) is 36.0. The molecule has 99 heavy (non-hydrogen) atoms. The van der Waals surface area contributed by atoms with Crippen LogP contribution in [-0.2, 0) is 104 Å². The molecule has 0 unspecified atom stereocenters. The highest BCUT2D eigenvalue weighted by Crippen LogP contribution is 2.46. The first-order chi connectivity index (χ1) is 45.3. The molecule has 0 N–H and O–H groups in total. The van der Waals surface area contributed by atoms with Crippen molar-refractivity contribution in [3.05, 3.63) is 180 Å². The molecule has 13 nitrogen and oxygen atoms in total. The van der Waals surface area contributed by atoms with Gasteiger partial charge in [0, 0.05) is 32.1 Å². The Labute approximate surface area is 593 Å². The lowest BCUT2D eigenvalue weighted by atomic mass is 9.79. The molecule has 6 aromatic carbocycles. The van der Waals surface area contributed by atoms with Crippen LogP contribution in [0.2, 0.25) is 0 Å². The van der Waals surface area contributed by atoms with Crippen molar-refractivity contribution < 1.29 is 61.8 Å². The zero-order chi connectivity index (χ0) is 74.0. The molecular formula is C86H116O13. The number of benzene rings is 6. The molecule has 7 rings (SSSR count). The van der Waals surface area contributed by atoms with Crippen molar-refractivity contribution in [1.29, 1.82) is 0 Å². The zero-order valence-corrected chi connectivity index (χ0v) is 65.0. The van der Waals surface area contributed by atoms with E-state index in [1.54, 1.807) is 0 Å². The van der Waals surface area contributed by atoms with Crippen molar-refractivity contribution in [2.45, 2.75) is 275 Å². The molecule has 1 aliphatic carbocycles. The van der Waals surface area contributed by atoms with Crippen LogP contribution in [0.5, 0.6) is 28.7 Å². The number of carbonyl (C=O) groups excluding carboxylic acids is 4. The van der Waals surface area contributed by atoms with Crippen molar-refractivity contribution in [1.82, 2.24) is 0 Å². The third-order valence-corrected chi connectivity index (χ3v) is 16.7. The molecule has 0 saturated heterocycles. The van der Waals surface area contributed by atoms with Gasteiger partial charge in [0.1, 0.15) is 57.8 Å². The van der Waals surface area contributed by atoms with Crippen LogP contribution in [0, 0.1) is 0 Å². The van der Waals surface area contributed by atoms with E-state index in [1.807, 2.05) is 101 Å². The molecule has 0 saturated carbocycles.